The molecule has 1 aliphatic rings. The summed E-state index contributed by atoms with van der Waals surface area (Å²) in [6.45, 7) is 8.59. The van der Waals surface area contributed by atoms with Gasteiger partial charge < -0.3 is 5.73 Å². The molecule has 1 atom stereocenters. The second-order valence-corrected chi connectivity index (χ2v) is 7.70. The Balaban J connectivity index is 2.56. The molecule has 0 amide bonds. The Morgan fingerprint density at radius 3 is 2.29 bits per heavy atom. The lowest BCUT2D eigenvalue weighted by Gasteiger charge is -2.38. The van der Waals surface area contributed by atoms with Crippen LogP contribution in [0.1, 0.15) is 33.6 Å². The molecule has 0 bridgehead atoms. The lowest BCUT2D eigenvalue weighted by molar-refractivity contribution is 0.160. The van der Waals surface area contributed by atoms with Gasteiger partial charge in [-0.15, -0.1) is 0 Å². The SMILES string of the molecule is CCCC(C(=N)N)N1CCN(S(=O)(=O)NCC(C)C)CC1. The van der Waals surface area contributed by atoms with Crippen LogP contribution in [-0.2, 0) is 10.2 Å². The normalized spacial score (nSPS) is 19.8. The molecule has 21 heavy (non-hydrogen) atoms. The third-order valence-corrected chi connectivity index (χ3v) is 5.23. The molecule has 124 valence electrons. The van der Waals surface area contributed by atoms with E-state index in [0.29, 0.717) is 32.7 Å². The Hall–Kier alpha value is -0.700. The van der Waals surface area contributed by atoms with Crippen LogP contribution in [0, 0.1) is 11.3 Å². The second kappa shape index (κ2) is 8.07. The standard InChI is InChI=1S/C13H29N5O2S/c1-4-5-12(13(14)15)17-6-8-18(9-7-17)21(19,20)16-10-11(2)3/h11-12,16H,4-10H2,1-3H3,(H3,14,15). The minimum Gasteiger partial charge on any atom is -0.386 e. The average molecular weight is 319 g/mol. The van der Waals surface area contributed by atoms with E-state index in [1.54, 1.807) is 0 Å². The molecule has 0 saturated carbocycles. The van der Waals surface area contributed by atoms with Crippen molar-refractivity contribution >= 4 is 16.0 Å². The molecule has 0 spiro atoms. The van der Waals surface area contributed by atoms with Crippen LogP contribution in [0.4, 0.5) is 0 Å². The maximum absolute atomic E-state index is 12.2. The van der Waals surface area contributed by atoms with E-state index in [0.717, 1.165) is 12.8 Å². The zero-order valence-electron chi connectivity index (χ0n) is 13.3. The number of nitrogens with zero attached hydrogens (tertiary/aromatic N) is 2. The number of hydrogen-bond donors (Lipinski definition) is 3. The van der Waals surface area contributed by atoms with E-state index in [9.17, 15) is 8.42 Å². The molecule has 0 aliphatic carbocycles. The molecule has 1 saturated heterocycles. The summed E-state index contributed by atoms with van der Waals surface area (Å²) in [6, 6.07) is -0.0662. The van der Waals surface area contributed by atoms with Gasteiger partial charge in [0.05, 0.1) is 6.04 Å². The van der Waals surface area contributed by atoms with Crippen molar-refractivity contribution < 1.29 is 8.42 Å². The number of nitrogens with one attached hydrogen (secondary N) is 2. The summed E-state index contributed by atoms with van der Waals surface area (Å²) < 4.78 is 28.4. The number of hydrogen-bond acceptors (Lipinski definition) is 4. The predicted octanol–water partition coefficient (Wildman–Crippen LogP) is 0.199. The topological polar surface area (TPSA) is 103 Å². The minimum atomic E-state index is -3.39. The Morgan fingerprint density at radius 2 is 1.86 bits per heavy atom. The Labute approximate surface area is 128 Å². The number of nitrogens with two attached hydrogens (primary N) is 1. The third kappa shape index (κ3) is 5.54. The van der Waals surface area contributed by atoms with E-state index in [1.807, 2.05) is 13.8 Å². The molecular weight excluding hydrogens is 290 g/mol. The van der Waals surface area contributed by atoms with E-state index in [-0.39, 0.29) is 17.8 Å². The van der Waals surface area contributed by atoms with Crippen LogP contribution in [-0.4, -0.2) is 62.2 Å². The highest BCUT2D eigenvalue weighted by atomic mass is 32.2. The van der Waals surface area contributed by atoms with Crippen LogP contribution in [0.5, 0.6) is 0 Å². The van der Waals surface area contributed by atoms with Gasteiger partial charge in [-0.05, 0) is 12.3 Å². The summed E-state index contributed by atoms with van der Waals surface area (Å²) in [4.78, 5) is 2.11. The summed E-state index contributed by atoms with van der Waals surface area (Å²) in [5.74, 6) is 0.457. The quantitative estimate of drug-likeness (QED) is 0.439. The van der Waals surface area contributed by atoms with Crippen LogP contribution in [0.15, 0.2) is 0 Å². The molecule has 0 radical (unpaired) electrons. The Kier molecular flexibility index (Phi) is 7.05. The fourth-order valence-electron chi connectivity index (χ4n) is 2.43. The summed E-state index contributed by atoms with van der Waals surface area (Å²) in [5.41, 5.74) is 5.65. The fraction of sp³-hybridized carbons (Fsp3) is 0.923. The van der Waals surface area contributed by atoms with Crippen molar-refractivity contribution in [1.82, 2.24) is 13.9 Å². The van der Waals surface area contributed by atoms with Crippen molar-refractivity contribution in [3.8, 4) is 0 Å². The molecule has 1 fully saturated rings. The van der Waals surface area contributed by atoms with Crippen molar-refractivity contribution in [2.75, 3.05) is 32.7 Å². The number of amidine groups is 1. The van der Waals surface area contributed by atoms with Gasteiger partial charge in [0.25, 0.3) is 10.2 Å². The van der Waals surface area contributed by atoms with Gasteiger partial charge in [-0.1, -0.05) is 27.2 Å². The molecule has 1 heterocycles. The van der Waals surface area contributed by atoms with E-state index in [4.69, 9.17) is 11.1 Å². The Bertz CT molecular complexity index is 430. The zero-order valence-corrected chi connectivity index (χ0v) is 14.1. The summed E-state index contributed by atoms with van der Waals surface area (Å²) in [7, 11) is -3.39. The Morgan fingerprint density at radius 1 is 1.29 bits per heavy atom. The van der Waals surface area contributed by atoms with Crippen LogP contribution in [0.3, 0.4) is 0 Å². The minimum absolute atomic E-state index is 0.0662. The van der Waals surface area contributed by atoms with Gasteiger partial charge in [0.2, 0.25) is 0 Å². The lowest BCUT2D eigenvalue weighted by atomic mass is 10.1. The maximum atomic E-state index is 12.2. The van der Waals surface area contributed by atoms with Crippen LogP contribution < -0.4 is 10.5 Å². The van der Waals surface area contributed by atoms with Gasteiger partial charge in [0.1, 0.15) is 5.84 Å². The fourth-order valence-corrected chi connectivity index (χ4v) is 3.80. The van der Waals surface area contributed by atoms with Crippen molar-refractivity contribution in [2.24, 2.45) is 11.7 Å². The van der Waals surface area contributed by atoms with Gasteiger partial charge in [0.15, 0.2) is 0 Å². The molecule has 0 aromatic rings. The monoisotopic (exact) mass is 319 g/mol. The molecule has 0 aromatic heterocycles. The van der Waals surface area contributed by atoms with E-state index < -0.39 is 10.2 Å². The molecular formula is C13H29N5O2S. The van der Waals surface area contributed by atoms with Gasteiger partial charge in [-0.2, -0.15) is 12.7 Å². The van der Waals surface area contributed by atoms with Crippen LogP contribution >= 0.6 is 0 Å². The van der Waals surface area contributed by atoms with Crippen LogP contribution in [0.2, 0.25) is 0 Å². The van der Waals surface area contributed by atoms with Crippen molar-refractivity contribution in [1.29, 1.82) is 5.41 Å². The zero-order chi connectivity index (χ0) is 16.0. The van der Waals surface area contributed by atoms with Gasteiger partial charge in [-0.25, -0.2) is 4.72 Å². The molecule has 8 heteroatoms. The first kappa shape index (κ1) is 18.3. The number of piperazine rings is 1. The first-order chi connectivity index (χ1) is 9.77. The summed E-state index contributed by atoms with van der Waals surface area (Å²) >= 11 is 0. The van der Waals surface area contributed by atoms with E-state index >= 15 is 0 Å². The third-order valence-electron chi connectivity index (χ3n) is 3.65. The first-order valence-corrected chi connectivity index (χ1v) is 9.04. The lowest BCUT2D eigenvalue weighted by Crippen LogP contribution is -2.56. The molecule has 0 aromatic carbocycles. The van der Waals surface area contributed by atoms with Gasteiger partial charge in [0, 0.05) is 32.7 Å². The van der Waals surface area contributed by atoms with Crippen LogP contribution in [0.25, 0.3) is 0 Å². The summed E-state index contributed by atoms with van der Waals surface area (Å²) in [5, 5.41) is 7.67. The molecule has 4 N–H and O–H groups in total. The van der Waals surface area contributed by atoms with Crippen molar-refractivity contribution in [3.05, 3.63) is 0 Å². The highest BCUT2D eigenvalue weighted by Gasteiger charge is 2.30. The van der Waals surface area contributed by atoms with Crippen molar-refractivity contribution in [3.63, 3.8) is 0 Å². The molecule has 7 nitrogen and oxygen atoms in total. The van der Waals surface area contributed by atoms with E-state index in [1.165, 1.54) is 4.31 Å². The highest BCUT2D eigenvalue weighted by molar-refractivity contribution is 7.87. The van der Waals surface area contributed by atoms with Gasteiger partial charge in [-0.3, -0.25) is 10.3 Å². The largest absolute Gasteiger partial charge is 0.386 e. The second-order valence-electron chi connectivity index (χ2n) is 5.94. The smallest absolute Gasteiger partial charge is 0.279 e. The van der Waals surface area contributed by atoms with Gasteiger partial charge >= 0.3 is 0 Å². The number of rotatable bonds is 8. The molecule has 1 aliphatic heterocycles. The first-order valence-electron chi connectivity index (χ1n) is 7.60. The van der Waals surface area contributed by atoms with Crippen molar-refractivity contribution in [2.45, 2.75) is 39.7 Å². The molecule has 1 unspecified atom stereocenters. The predicted molar refractivity (Wildman–Crippen MR) is 85.5 cm³/mol. The highest BCUT2D eigenvalue weighted by Crippen LogP contribution is 2.13. The average Bonchev–Trinajstić information content (AvgIpc) is 2.42. The van der Waals surface area contributed by atoms with E-state index in [2.05, 4.69) is 16.5 Å². The maximum Gasteiger partial charge on any atom is 0.279 e. The summed E-state index contributed by atoms with van der Waals surface area (Å²) in [6.07, 6.45) is 1.80. The molecule has 1 rings (SSSR count).